The molecule has 1 aromatic rings. The zero-order valence-corrected chi connectivity index (χ0v) is 9.14. The second-order valence-corrected chi connectivity index (χ2v) is 3.82. The van der Waals surface area contributed by atoms with Crippen LogP contribution in [0, 0.1) is 6.57 Å². The maximum atomic E-state index is 8.12. The second-order valence-electron chi connectivity index (χ2n) is 3.82. The molecule has 1 fully saturated rings. The molecular formula is C13H13NO2. The first kappa shape index (κ1) is 12.2. The summed E-state index contributed by atoms with van der Waals surface area (Å²) in [5, 5.41) is 0. The van der Waals surface area contributed by atoms with Crippen molar-refractivity contribution in [3.63, 3.8) is 0 Å². The summed E-state index contributed by atoms with van der Waals surface area (Å²) in [6, 6.07) is 10.4. The van der Waals surface area contributed by atoms with Crippen LogP contribution in [0.2, 0.25) is 0 Å². The van der Waals surface area contributed by atoms with Crippen molar-refractivity contribution >= 4 is 6.15 Å². The molecule has 2 rings (SSSR count). The van der Waals surface area contributed by atoms with Crippen molar-refractivity contribution in [2.24, 2.45) is 0 Å². The summed E-state index contributed by atoms with van der Waals surface area (Å²) in [6.07, 6.45) is 2.28. The van der Waals surface area contributed by atoms with E-state index in [1.54, 1.807) is 0 Å². The number of nitrogens with zero attached hydrogens (tertiary/aromatic N) is 1. The van der Waals surface area contributed by atoms with Crippen molar-refractivity contribution in [2.45, 2.75) is 31.2 Å². The highest BCUT2D eigenvalue weighted by Gasteiger charge is 2.61. The molecule has 0 aliphatic heterocycles. The van der Waals surface area contributed by atoms with Gasteiger partial charge in [-0.2, -0.15) is 9.59 Å². The van der Waals surface area contributed by atoms with Gasteiger partial charge in [0.15, 0.2) is 0 Å². The van der Waals surface area contributed by atoms with E-state index in [0.717, 1.165) is 12.8 Å². The lowest BCUT2D eigenvalue weighted by molar-refractivity contribution is -0.191. The van der Waals surface area contributed by atoms with Crippen LogP contribution in [-0.4, -0.2) is 11.7 Å². The number of hydrogen-bond acceptors (Lipinski definition) is 2. The van der Waals surface area contributed by atoms with Gasteiger partial charge >= 0.3 is 6.15 Å². The van der Waals surface area contributed by atoms with E-state index in [2.05, 4.69) is 36.0 Å². The van der Waals surface area contributed by atoms with Crippen molar-refractivity contribution in [1.82, 2.24) is 0 Å². The fourth-order valence-electron chi connectivity index (χ4n) is 2.00. The molecule has 3 nitrogen and oxygen atoms in total. The van der Waals surface area contributed by atoms with Crippen molar-refractivity contribution < 1.29 is 9.59 Å². The van der Waals surface area contributed by atoms with E-state index < -0.39 is 0 Å². The van der Waals surface area contributed by atoms with E-state index in [-0.39, 0.29) is 11.7 Å². The minimum Gasteiger partial charge on any atom is -0.310 e. The maximum Gasteiger partial charge on any atom is 0.373 e. The van der Waals surface area contributed by atoms with Crippen molar-refractivity contribution in [3.8, 4) is 0 Å². The molecule has 0 N–H and O–H groups in total. The summed E-state index contributed by atoms with van der Waals surface area (Å²) >= 11 is 0. The average Bonchev–Trinajstić information content (AvgIpc) is 3.07. The normalized spacial score (nSPS) is 25.6. The predicted molar refractivity (Wildman–Crippen MR) is 58.4 cm³/mol. The summed E-state index contributed by atoms with van der Waals surface area (Å²) in [7, 11) is 0. The molecule has 1 aliphatic carbocycles. The van der Waals surface area contributed by atoms with Gasteiger partial charge in [0.05, 0.1) is 5.92 Å². The first-order valence-corrected chi connectivity index (χ1v) is 5.17. The van der Waals surface area contributed by atoms with Gasteiger partial charge in [-0.1, -0.05) is 37.3 Å². The molecule has 0 aromatic heterocycles. The zero-order valence-electron chi connectivity index (χ0n) is 9.14. The molecule has 0 radical (unpaired) electrons. The molecule has 0 bridgehead atoms. The Bertz CT molecular complexity index is 415. The lowest BCUT2D eigenvalue weighted by Gasteiger charge is -2.00. The van der Waals surface area contributed by atoms with E-state index in [0.29, 0.717) is 5.92 Å². The van der Waals surface area contributed by atoms with Crippen LogP contribution in [-0.2, 0) is 9.59 Å². The Hall–Kier alpha value is -1.91. The fraction of sp³-hybridized carbons (Fsp3) is 0.385. The summed E-state index contributed by atoms with van der Waals surface area (Å²) in [5.74, 6) is 0.496. The van der Waals surface area contributed by atoms with Gasteiger partial charge in [-0.25, -0.2) is 6.57 Å². The molecule has 1 saturated carbocycles. The first-order chi connectivity index (χ1) is 7.74. The van der Waals surface area contributed by atoms with Crippen molar-refractivity contribution in [2.75, 3.05) is 0 Å². The van der Waals surface area contributed by atoms with Crippen LogP contribution >= 0.6 is 0 Å². The highest BCUT2D eigenvalue weighted by molar-refractivity contribution is 5.36. The Kier molecular flexibility index (Phi) is 3.99. The molecule has 0 unspecified atom stereocenters. The van der Waals surface area contributed by atoms with Crippen LogP contribution in [0.1, 0.15) is 31.2 Å². The molecule has 16 heavy (non-hydrogen) atoms. The third kappa shape index (κ3) is 2.36. The predicted octanol–water partition coefficient (Wildman–Crippen LogP) is 2.66. The summed E-state index contributed by atoms with van der Waals surface area (Å²) in [6.45, 7) is 9.28. The van der Waals surface area contributed by atoms with Gasteiger partial charge in [0.2, 0.25) is 5.54 Å². The summed E-state index contributed by atoms with van der Waals surface area (Å²) in [5.41, 5.74) is 1.28. The van der Waals surface area contributed by atoms with Gasteiger partial charge in [-0.3, -0.25) is 0 Å². The third-order valence-corrected chi connectivity index (χ3v) is 3.08. The summed E-state index contributed by atoms with van der Waals surface area (Å²) < 4.78 is 0. The molecule has 3 heteroatoms. The number of benzene rings is 1. The molecule has 1 aromatic carbocycles. The van der Waals surface area contributed by atoms with E-state index in [1.807, 2.05) is 6.07 Å². The minimum absolute atomic E-state index is 0.0542. The van der Waals surface area contributed by atoms with Crippen LogP contribution < -0.4 is 0 Å². The van der Waals surface area contributed by atoms with Crippen LogP contribution in [0.15, 0.2) is 30.3 Å². The molecule has 1 aliphatic rings. The van der Waals surface area contributed by atoms with Gasteiger partial charge in [0.25, 0.3) is 0 Å². The topological polar surface area (TPSA) is 38.5 Å². The van der Waals surface area contributed by atoms with E-state index in [1.165, 1.54) is 5.56 Å². The smallest absolute Gasteiger partial charge is 0.310 e. The SMILES string of the molecule is O=C=O.[C-]#[N+][C@@]1(CC)C[C@H]1c1ccccc1. The van der Waals surface area contributed by atoms with Crippen LogP contribution in [0.25, 0.3) is 4.85 Å². The Balaban J connectivity index is 0.000000386. The third-order valence-electron chi connectivity index (χ3n) is 3.08. The molecule has 82 valence electrons. The highest BCUT2D eigenvalue weighted by atomic mass is 16.2. The molecule has 0 saturated heterocycles. The highest BCUT2D eigenvalue weighted by Crippen LogP contribution is 2.56. The zero-order chi connectivity index (χ0) is 12.0. The molecular weight excluding hydrogens is 202 g/mol. The lowest BCUT2D eigenvalue weighted by Crippen LogP contribution is -2.02. The Morgan fingerprint density at radius 2 is 2.00 bits per heavy atom. The molecule has 0 spiro atoms. The van der Waals surface area contributed by atoms with Crippen LogP contribution in [0.5, 0.6) is 0 Å². The van der Waals surface area contributed by atoms with Crippen molar-refractivity contribution in [1.29, 1.82) is 0 Å². The van der Waals surface area contributed by atoms with Gasteiger partial charge in [-0.15, -0.1) is 0 Å². The summed E-state index contributed by atoms with van der Waals surface area (Å²) in [4.78, 5) is 20.0. The van der Waals surface area contributed by atoms with Crippen LogP contribution in [0.3, 0.4) is 0 Å². The molecule has 0 amide bonds. The Morgan fingerprint density at radius 3 is 2.38 bits per heavy atom. The number of rotatable bonds is 2. The quantitative estimate of drug-likeness (QED) is 0.711. The maximum absolute atomic E-state index is 8.12. The number of carbonyl (C=O) groups excluding carboxylic acids is 2. The monoisotopic (exact) mass is 215 g/mol. The van der Waals surface area contributed by atoms with Gasteiger partial charge in [0, 0.05) is 12.8 Å². The molecule has 2 atom stereocenters. The average molecular weight is 215 g/mol. The van der Waals surface area contributed by atoms with Gasteiger partial charge in [-0.05, 0) is 5.56 Å². The van der Waals surface area contributed by atoms with Crippen LogP contribution in [0.4, 0.5) is 0 Å². The lowest BCUT2D eigenvalue weighted by atomic mass is 10.1. The largest absolute Gasteiger partial charge is 0.373 e. The van der Waals surface area contributed by atoms with Crippen molar-refractivity contribution in [3.05, 3.63) is 47.3 Å². The second kappa shape index (κ2) is 5.25. The Morgan fingerprint density at radius 1 is 1.44 bits per heavy atom. The van der Waals surface area contributed by atoms with E-state index in [4.69, 9.17) is 16.2 Å². The van der Waals surface area contributed by atoms with Gasteiger partial charge < -0.3 is 4.85 Å². The number of hydrogen-bond donors (Lipinski definition) is 0. The first-order valence-electron chi connectivity index (χ1n) is 5.17. The van der Waals surface area contributed by atoms with Gasteiger partial charge in [0.1, 0.15) is 0 Å². The molecule has 0 heterocycles. The standard InChI is InChI=1S/C12H13N.CO2/c1-3-12(13-2)9-11(12)10-7-5-4-6-8-10;2-1-3/h4-8,11H,3,9H2,1H3;/t11-,12-;/m0./s1. The van der Waals surface area contributed by atoms with E-state index in [9.17, 15) is 0 Å². The minimum atomic E-state index is -0.0542. The fourth-order valence-corrected chi connectivity index (χ4v) is 2.00. The Labute approximate surface area is 94.9 Å². The van der Waals surface area contributed by atoms with E-state index >= 15 is 0 Å².